The van der Waals surface area contributed by atoms with Crippen LogP contribution in [0.15, 0.2) is 66.0 Å². The van der Waals surface area contributed by atoms with Gasteiger partial charge in [0.1, 0.15) is 17.2 Å². The summed E-state index contributed by atoms with van der Waals surface area (Å²) in [6.07, 6.45) is 2.18. The molecule has 2 aromatic heterocycles. The second-order valence-electron chi connectivity index (χ2n) is 6.20. The molecular formula is C20H17FN6OS. The second-order valence-corrected chi connectivity index (χ2v) is 7.17. The van der Waals surface area contributed by atoms with Crippen molar-refractivity contribution >= 4 is 28.8 Å². The number of rotatable bonds is 7. The first-order valence-corrected chi connectivity index (χ1v) is 9.95. The molecule has 0 atom stereocenters. The van der Waals surface area contributed by atoms with Gasteiger partial charge in [-0.1, -0.05) is 47.3 Å². The maximum Gasteiger partial charge on any atom is 0.230 e. The van der Waals surface area contributed by atoms with E-state index in [0.29, 0.717) is 28.4 Å². The molecule has 1 amide bonds. The van der Waals surface area contributed by atoms with Crippen molar-refractivity contribution in [3.63, 3.8) is 0 Å². The minimum Gasteiger partial charge on any atom is -0.355 e. The van der Waals surface area contributed by atoms with Crippen LogP contribution in [-0.2, 0) is 11.2 Å². The lowest BCUT2D eigenvalue weighted by molar-refractivity contribution is -0.118. The van der Waals surface area contributed by atoms with Crippen LogP contribution in [0.2, 0.25) is 0 Å². The van der Waals surface area contributed by atoms with Crippen LogP contribution in [-0.4, -0.2) is 43.2 Å². The number of fused-ring (bicyclic) bond motifs is 1. The number of hydrogen-bond acceptors (Lipinski definition) is 6. The van der Waals surface area contributed by atoms with E-state index in [1.165, 1.54) is 40.5 Å². The lowest BCUT2D eigenvalue weighted by Gasteiger charge is -2.05. The molecule has 2 aromatic carbocycles. The first kappa shape index (κ1) is 19.0. The summed E-state index contributed by atoms with van der Waals surface area (Å²) < 4.78 is 14.7. The molecule has 0 unspecified atom stereocenters. The molecule has 0 saturated carbocycles. The minimum absolute atomic E-state index is 0.0800. The normalized spacial score (nSPS) is 10.9. The van der Waals surface area contributed by atoms with E-state index < -0.39 is 0 Å². The zero-order valence-corrected chi connectivity index (χ0v) is 16.1. The average Bonchev–Trinajstić information content (AvgIpc) is 3.18. The van der Waals surface area contributed by atoms with Gasteiger partial charge in [-0.3, -0.25) is 4.79 Å². The zero-order chi connectivity index (χ0) is 20.1. The average molecular weight is 408 g/mol. The molecule has 29 heavy (non-hydrogen) atoms. The van der Waals surface area contributed by atoms with Crippen molar-refractivity contribution < 1.29 is 9.18 Å². The Hall–Kier alpha value is -3.33. The molecule has 146 valence electrons. The molecular weight excluding hydrogens is 391 g/mol. The molecule has 0 aliphatic heterocycles. The number of benzene rings is 2. The predicted octanol–water partition coefficient (Wildman–Crippen LogP) is 2.80. The highest BCUT2D eigenvalue weighted by atomic mass is 32.2. The van der Waals surface area contributed by atoms with Crippen molar-refractivity contribution in [1.29, 1.82) is 0 Å². The molecule has 0 fully saturated rings. The van der Waals surface area contributed by atoms with Gasteiger partial charge in [0.15, 0.2) is 11.2 Å². The Kier molecular flexibility index (Phi) is 5.76. The maximum absolute atomic E-state index is 13.2. The van der Waals surface area contributed by atoms with Crippen molar-refractivity contribution in [1.82, 2.24) is 30.3 Å². The Labute approximate surface area is 170 Å². The van der Waals surface area contributed by atoms with Crippen molar-refractivity contribution in [2.24, 2.45) is 0 Å². The van der Waals surface area contributed by atoms with E-state index in [1.807, 2.05) is 30.3 Å². The van der Waals surface area contributed by atoms with Crippen LogP contribution < -0.4 is 5.32 Å². The van der Waals surface area contributed by atoms with E-state index in [4.69, 9.17) is 0 Å². The highest BCUT2D eigenvalue weighted by molar-refractivity contribution is 8.00. The van der Waals surface area contributed by atoms with E-state index >= 15 is 0 Å². The highest BCUT2D eigenvalue weighted by Crippen LogP contribution is 2.23. The first-order chi connectivity index (χ1) is 14.2. The van der Waals surface area contributed by atoms with Gasteiger partial charge in [0.25, 0.3) is 0 Å². The van der Waals surface area contributed by atoms with E-state index in [0.717, 1.165) is 6.42 Å². The zero-order valence-electron chi connectivity index (χ0n) is 15.3. The fourth-order valence-corrected chi connectivity index (χ4v) is 3.53. The third kappa shape index (κ3) is 4.57. The molecule has 0 bridgehead atoms. The summed E-state index contributed by atoms with van der Waals surface area (Å²) in [4.78, 5) is 20.6. The van der Waals surface area contributed by atoms with Crippen LogP contribution in [0.25, 0.3) is 16.9 Å². The van der Waals surface area contributed by atoms with Crippen molar-refractivity contribution in [3.8, 4) is 5.69 Å². The number of hydrogen-bond donors (Lipinski definition) is 1. The van der Waals surface area contributed by atoms with Gasteiger partial charge >= 0.3 is 0 Å². The molecule has 0 saturated heterocycles. The van der Waals surface area contributed by atoms with E-state index in [1.54, 1.807) is 12.1 Å². The third-order valence-electron chi connectivity index (χ3n) is 4.19. The van der Waals surface area contributed by atoms with Crippen LogP contribution in [0.3, 0.4) is 0 Å². The Bertz CT molecular complexity index is 1120. The Morgan fingerprint density at radius 3 is 2.66 bits per heavy atom. The SMILES string of the molecule is O=C(CSc1ncnc2c1nnn2-c1ccc(F)cc1)NCCc1ccccc1. The predicted molar refractivity (Wildman–Crippen MR) is 108 cm³/mol. The van der Waals surface area contributed by atoms with Crippen LogP contribution in [0.1, 0.15) is 5.56 Å². The van der Waals surface area contributed by atoms with Gasteiger partial charge in [-0.15, -0.1) is 5.10 Å². The molecule has 0 aliphatic carbocycles. The van der Waals surface area contributed by atoms with Gasteiger partial charge < -0.3 is 5.32 Å². The van der Waals surface area contributed by atoms with E-state index in [9.17, 15) is 9.18 Å². The summed E-state index contributed by atoms with van der Waals surface area (Å²) in [5, 5.41) is 11.7. The van der Waals surface area contributed by atoms with Crippen LogP contribution >= 0.6 is 11.8 Å². The molecule has 1 N–H and O–H groups in total. The smallest absolute Gasteiger partial charge is 0.230 e. The number of carbonyl (C=O) groups excluding carboxylic acids is 1. The van der Waals surface area contributed by atoms with Crippen molar-refractivity contribution in [2.45, 2.75) is 11.4 Å². The van der Waals surface area contributed by atoms with Gasteiger partial charge in [0.2, 0.25) is 5.91 Å². The third-order valence-corrected chi connectivity index (χ3v) is 5.17. The van der Waals surface area contributed by atoms with Gasteiger partial charge in [0.05, 0.1) is 11.4 Å². The summed E-state index contributed by atoms with van der Waals surface area (Å²) in [5.41, 5.74) is 2.81. The van der Waals surface area contributed by atoms with Crippen LogP contribution in [0.5, 0.6) is 0 Å². The number of nitrogens with zero attached hydrogens (tertiary/aromatic N) is 5. The highest BCUT2D eigenvalue weighted by Gasteiger charge is 2.14. The fourth-order valence-electron chi connectivity index (χ4n) is 2.77. The summed E-state index contributed by atoms with van der Waals surface area (Å²) >= 11 is 1.28. The number of carbonyl (C=O) groups is 1. The monoisotopic (exact) mass is 408 g/mol. The lowest BCUT2D eigenvalue weighted by atomic mass is 10.1. The Morgan fingerprint density at radius 2 is 1.86 bits per heavy atom. The topological polar surface area (TPSA) is 85.6 Å². The van der Waals surface area contributed by atoms with Crippen LogP contribution in [0.4, 0.5) is 4.39 Å². The molecule has 7 nitrogen and oxygen atoms in total. The first-order valence-electron chi connectivity index (χ1n) is 8.96. The molecule has 0 radical (unpaired) electrons. The number of nitrogens with one attached hydrogen (secondary N) is 1. The maximum atomic E-state index is 13.2. The van der Waals surface area contributed by atoms with Crippen molar-refractivity contribution in [3.05, 3.63) is 72.3 Å². The molecule has 9 heteroatoms. The summed E-state index contributed by atoms with van der Waals surface area (Å²) in [7, 11) is 0. The summed E-state index contributed by atoms with van der Waals surface area (Å²) in [5.74, 6) is -0.199. The molecule has 4 aromatic rings. The lowest BCUT2D eigenvalue weighted by Crippen LogP contribution is -2.27. The minimum atomic E-state index is -0.331. The summed E-state index contributed by atoms with van der Waals surface area (Å²) in [6.45, 7) is 0.573. The van der Waals surface area contributed by atoms with Gasteiger partial charge in [0, 0.05) is 6.54 Å². The van der Waals surface area contributed by atoms with Gasteiger partial charge in [-0.05, 0) is 36.2 Å². The molecule has 0 aliphatic rings. The Balaban J connectivity index is 1.39. The second kappa shape index (κ2) is 8.78. The van der Waals surface area contributed by atoms with Crippen molar-refractivity contribution in [2.75, 3.05) is 12.3 Å². The van der Waals surface area contributed by atoms with Gasteiger partial charge in [-0.25, -0.2) is 14.4 Å². The number of halogens is 1. The molecule has 2 heterocycles. The van der Waals surface area contributed by atoms with E-state index in [-0.39, 0.29) is 17.5 Å². The Morgan fingerprint density at radius 1 is 1.07 bits per heavy atom. The number of aromatic nitrogens is 5. The summed E-state index contributed by atoms with van der Waals surface area (Å²) in [6, 6.07) is 15.9. The van der Waals surface area contributed by atoms with Gasteiger partial charge in [-0.2, -0.15) is 4.68 Å². The largest absolute Gasteiger partial charge is 0.355 e. The molecule has 0 spiro atoms. The quantitative estimate of drug-likeness (QED) is 0.374. The fraction of sp³-hybridized carbons (Fsp3) is 0.150. The number of amides is 1. The van der Waals surface area contributed by atoms with E-state index in [2.05, 4.69) is 25.6 Å². The van der Waals surface area contributed by atoms with Crippen LogP contribution in [0, 0.1) is 5.82 Å². The standard InChI is InChI=1S/C20H17FN6OS/c21-15-6-8-16(9-7-15)27-19-18(25-26-27)20(24-13-23-19)29-12-17(28)22-11-10-14-4-2-1-3-5-14/h1-9,13H,10-12H2,(H,22,28). The number of thioether (sulfide) groups is 1. The molecule has 4 rings (SSSR count).